The van der Waals surface area contributed by atoms with E-state index in [1.165, 1.54) is 25.4 Å². The summed E-state index contributed by atoms with van der Waals surface area (Å²) in [5.74, 6) is 0. The lowest BCUT2D eigenvalue weighted by atomic mass is 10.2. The van der Waals surface area contributed by atoms with E-state index in [1.807, 2.05) is 6.07 Å². The summed E-state index contributed by atoms with van der Waals surface area (Å²) in [6.07, 6.45) is 1.41. The highest BCUT2D eigenvalue weighted by Gasteiger charge is 2.25. The van der Waals surface area contributed by atoms with Crippen LogP contribution >= 0.6 is 27.5 Å². The number of nitriles is 1. The summed E-state index contributed by atoms with van der Waals surface area (Å²) in [5.41, 5.74) is 0.734. The monoisotopic (exact) mass is 385 g/mol. The van der Waals surface area contributed by atoms with E-state index in [0.717, 1.165) is 4.31 Å². The second kappa shape index (κ2) is 6.02. The van der Waals surface area contributed by atoms with Gasteiger partial charge in [-0.15, -0.1) is 0 Å². The molecule has 0 spiro atoms. The summed E-state index contributed by atoms with van der Waals surface area (Å²) in [6.45, 7) is 0. The molecule has 0 bridgehead atoms. The molecule has 0 fully saturated rings. The minimum absolute atomic E-state index is 0.108. The predicted molar refractivity (Wildman–Crippen MR) is 83.7 cm³/mol. The summed E-state index contributed by atoms with van der Waals surface area (Å²) >= 11 is 9.05. The Morgan fingerprint density at radius 2 is 2.10 bits per heavy atom. The molecule has 0 radical (unpaired) electrons. The predicted octanol–water partition coefficient (Wildman–Crippen LogP) is 3.19. The van der Waals surface area contributed by atoms with Gasteiger partial charge in [0.2, 0.25) is 0 Å². The molecule has 1 heterocycles. The van der Waals surface area contributed by atoms with E-state index >= 15 is 0 Å². The molecule has 0 aliphatic carbocycles. The maximum atomic E-state index is 12.6. The maximum Gasteiger partial charge on any atom is 0.267 e. The zero-order valence-electron chi connectivity index (χ0n) is 10.8. The molecule has 0 N–H and O–H groups in total. The number of benzene rings is 1. The highest BCUT2D eigenvalue weighted by molar-refractivity contribution is 9.10. The molecule has 0 aliphatic heterocycles. The Bertz CT molecular complexity index is 834. The number of pyridine rings is 1. The van der Waals surface area contributed by atoms with E-state index in [4.69, 9.17) is 16.9 Å². The second-order valence-electron chi connectivity index (χ2n) is 4.08. The molecule has 0 unspecified atom stereocenters. The minimum atomic E-state index is -3.87. The molecule has 5 nitrogen and oxygen atoms in total. The lowest BCUT2D eigenvalue weighted by Crippen LogP contribution is -2.27. The summed E-state index contributed by atoms with van der Waals surface area (Å²) in [7, 11) is -2.48. The molecule has 2 aromatic rings. The van der Waals surface area contributed by atoms with E-state index in [1.54, 1.807) is 18.2 Å². The van der Waals surface area contributed by atoms with Crippen molar-refractivity contribution < 1.29 is 8.42 Å². The number of hydrogen-bond acceptors (Lipinski definition) is 4. The van der Waals surface area contributed by atoms with Crippen molar-refractivity contribution in [3.63, 3.8) is 0 Å². The first kappa shape index (κ1) is 15.8. The fraction of sp³-hybridized carbons (Fsp3) is 0.0769. The van der Waals surface area contributed by atoms with Gasteiger partial charge in [-0.2, -0.15) is 5.26 Å². The first-order valence-electron chi connectivity index (χ1n) is 5.66. The summed E-state index contributed by atoms with van der Waals surface area (Å²) in [5, 5.41) is 8.78. The highest BCUT2D eigenvalue weighted by Crippen LogP contribution is 2.28. The van der Waals surface area contributed by atoms with Crippen LogP contribution in [-0.4, -0.2) is 20.4 Å². The number of hydrogen-bond donors (Lipinski definition) is 0. The minimum Gasteiger partial charge on any atom is -0.269 e. The molecule has 1 aromatic heterocycles. The fourth-order valence-corrected chi connectivity index (χ4v) is 3.75. The van der Waals surface area contributed by atoms with E-state index in [9.17, 15) is 8.42 Å². The molecular formula is C13H9BrClN3O2S. The van der Waals surface area contributed by atoms with E-state index in [2.05, 4.69) is 20.9 Å². The van der Waals surface area contributed by atoms with Crippen LogP contribution < -0.4 is 4.31 Å². The Morgan fingerprint density at radius 1 is 1.38 bits per heavy atom. The van der Waals surface area contributed by atoms with Crippen molar-refractivity contribution in [2.45, 2.75) is 4.90 Å². The van der Waals surface area contributed by atoms with Gasteiger partial charge in [-0.05, 0) is 40.2 Å². The zero-order chi connectivity index (χ0) is 15.6. The molecular weight excluding hydrogens is 378 g/mol. The van der Waals surface area contributed by atoms with Gasteiger partial charge in [0.05, 0.1) is 17.3 Å². The van der Waals surface area contributed by atoms with Crippen molar-refractivity contribution >= 4 is 43.2 Å². The Balaban J connectivity index is 2.53. The smallest absolute Gasteiger partial charge is 0.267 e. The molecule has 21 heavy (non-hydrogen) atoms. The molecule has 2 rings (SSSR count). The van der Waals surface area contributed by atoms with Crippen LogP contribution in [0.15, 0.2) is 45.9 Å². The van der Waals surface area contributed by atoms with Crippen LogP contribution in [0.5, 0.6) is 0 Å². The van der Waals surface area contributed by atoms with Crippen molar-refractivity contribution in [3.8, 4) is 6.07 Å². The normalized spacial score (nSPS) is 11.0. The van der Waals surface area contributed by atoms with Crippen LogP contribution in [0.4, 0.5) is 5.69 Å². The van der Waals surface area contributed by atoms with Crippen LogP contribution in [0.1, 0.15) is 5.56 Å². The maximum absolute atomic E-state index is 12.6. The number of sulfonamides is 1. The highest BCUT2D eigenvalue weighted by atomic mass is 79.9. The lowest BCUT2D eigenvalue weighted by molar-refractivity contribution is 0.594. The van der Waals surface area contributed by atoms with Gasteiger partial charge < -0.3 is 0 Å². The number of aromatic nitrogens is 1. The SMILES string of the molecule is CN(c1cccc(C#N)c1)S(=O)(=O)c1cc(Br)cnc1Cl. The average molecular weight is 387 g/mol. The fourth-order valence-electron chi connectivity index (χ4n) is 1.64. The molecule has 0 saturated heterocycles. The van der Waals surface area contributed by atoms with Crippen LogP contribution in [0.3, 0.4) is 0 Å². The second-order valence-corrected chi connectivity index (χ2v) is 7.29. The van der Waals surface area contributed by atoms with Crippen molar-refractivity contribution in [1.82, 2.24) is 4.98 Å². The summed E-state index contributed by atoms with van der Waals surface area (Å²) < 4.78 is 26.8. The van der Waals surface area contributed by atoms with Crippen LogP contribution in [0.25, 0.3) is 0 Å². The number of anilines is 1. The molecule has 0 amide bonds. The van der Waals surface area contributed by atoms with E-state index in [0.29, 0.717) is 15.7 Å². The molecule has 1 aromatic carbocycles. The largest absolute Gasteiger partial charge is 0.269 e. The van der Waals surface area contributed by atoms with Gasteiger partial charge in [-0.3, -0.25) is 4.31 Å². The van der Waals surface area contributed by atoms with Crippen LogP contribution in [0, 0.1) is 11.3 Å². The number of rotatable bonds is 3. The Hall–Kier alpha value is -1.62. The standard InChI is InChI=1S/C13H9BrClN3O2S/c1-18(11-4-2-3-9(5-11)7-16)21(19,20)12-6-10(14)8-17-13(12)15/h2-6,8H,1H3. The van der Waals surface area contributed by atoms with Gasteiger partial charge >= 0.3 is 0 Å². The van der Waals surface area contributed by atoms with Crippen molar-refractivity contribution in [1.29, 1.82) is 5.26 Å². The van der Waals surface area contributed by atoms with Gasteiger partial charge in [-0.25, -0.2) is 13.4 Å². The van der Waals surface area contributed by atoms with Crippen LogP contribution in [0.2, 0.25) is 5.15 Å². The van der Waals surface area contributed by atoms with Crippen molar-refractivity contribution in [2.75, 3.05) is 11.4 Å². The third-order valence-electron chi connectivity index (χ3n) is 2.75. The summed E-state index contributed by atoms with van der Waals surface area (Å²) in [6, 6.07) is 9.64. The Labute approximate surface area is 136 Å². The van der Waals surface area contributed by atoms with E-state index in [-0.39, 0.29) is 10.0 Å². The van der Waals surface area contributed by atoms with Gasteiger partial charge in [0.25, 0.3) is 10.0 Å². The number of halogens is 2. The van der Waals surface area contributed by atoms with Gasteiger partial charge in [0.15, 0.2) is 0 Å². The topological polar surface area (TPSA) is 74.1 Å². The first-order valence-corrected chi connectivity index (χ1v) is 8.27. The van der Waals surface area contributed by atoms with Gasteiger partial charge in [-0.1, -0.05) is 17.7 Å². The Morgan fingerprint density at radius 3 is 2.76 bits per heavy atom. The first-order chi connectivity index (χ1) is 9.86. The zero-order valence-corrected chi connectivity index (χ0v) is 13.9. The van der Waals surface area contributed by atoms with Gasteiger partial charge in [0, 0.05) is 17.7 Å². The quantitative estimate of drug-likeness (QED) is 0.759. The third kappa shape index (κ3) is 3.18. The molecule has 8 heteroatoms. The molecule has 0 aliphatic rings. The Kier molecular flexibility index (Phi) is 4.52. The number of nitrogens with zero attached hydrogens (tertiary/aromatic N) is 3. The van der Waals surface area contributed by atoms with Crippen molar-refractivity contribution in [2.24, 2.45) is 0 Å². The van der Waals surface area contributed by atoms with Crippen LogP contribution in [-0.2, 0) is 10.0 Å². The molecule has 0 atom stereocenters. The summed E-state index contributed by atoms with van der Waals surface area (Å²) in [4.78, 5) is 3.71. The molecule has 108 valence electrons. The lowest BCUT2D eigenvalue weighted by Gasteiger charge is -2.20. The van der Waals surface area contributed by atoms with Gasteiger partial charge in [0.1, 0.15) is 10.0 Å². The average Bonchev–Trinajstić information content (AvgIpc) is 2.48. The molecule has 0 saturated carbocycles. The van der Waals surface area contributed by atoms with E-state index < -0.39 is 10.0 Å². The third-order valence-corrected chi connectivity index (χ3v) is 5.40. The van der Waals surface area contributed by atoms with Crippen molar-refractivity contribution in [3.05, 3.63) is 51.7 Å².